The summed E-state index contributed by atoms with van der Waals surface area (Å²) < 4.78 is 5.03. The smallest absolute Gasteiger partial charge is 0.188 e. The van der Waals surface area contributed by atoms with E-state index < -0.39 is 0 Å². The van der Waals surface area contributed by atoms with Gasteiger partial charge in [0.05, 0.1) is 6.61 Å². The van der Waals surface area contributed by atoms with Gasteiger partial charge in [0.1, 0.15) is 0 Å². The standard InChI is InChI=1S/C12H25N3O/c1-4-12(6-5-7-12)9-14-11(13)15-10(2)8-16-3/h10H,4-9H2,1-3H3,(H3,13,14,15). The van der Waals surface area contributed by atoms with Crippen molar-refractivity contribution >= 4 is 5.96 Å². The average molecular weight is 227 g/mol. The van der Waals surface area contributed by atoms with Crippen molar-refractivity contribution in [1.82, 2.24) is 5.32 Å². The summed E-state index contributed by atoms with van der Waals surface area (Å²) in [5.74, 6) is 0.546. The number of hydrogen-bond donors (Lipinski definition) is 2. The van der Waals surface area contributed by atoms with Crippen LogP contribution in [0.4, 0.5) is 0 Å². The molecule has 0 aliphatic heterocycles. The van der Waals surface area contributed by atoms with Gasteiger partial charge in [-0.15, -0.1) is 0 Å². The summed E-state index contributed by atoms with van der Waals surface area (Å²) >= 11 is 0. The first-order chi connectivity index (χ1) is 7.62. The molecule has 0 saturated heterocycles. The van der Waals surface area contributed by atoms with Gasteiger partial charge in [-0.25, -0.2) is 0 Å². The van der Waals surface area contributed by atoms with Crippen LogP contribution in [0.5, 0.6) is 0 Å². The van der Waals surface area contributed by atoms with E-state index in [1.165, 1.54) is 25.7 Å². The molecule has 1 atom stereocenters. The summed E-state index contributed by atoms with van der Waals surface area (Å²) in [4.78, 5) is 4.44. The molecule has 0 aromatic rings. The monoisotopic (exact) mass is 227 g/mol. The Bertz CT molecular complexity index is 231. The molecule has 4 nitrogen and oxygen atoms in total. The van der Waals surface area contributed by atoms with Crippen molar-refractivity contribution in [1.29, 1.82) is 0 Å². The predicted molar refractivity (Wildman–Crippen MR) is 67.5 cm³/mol. The van der Waals surface area contributed by atoms with Gasteiger partial charge >= 0.3 is 0 Å². The maximum Gasteiger partial charge on any atom is 0.188 e. The van der Waals surface area contributed by atoms with Gasteiger partial charge in [0.15, 0.2) is 5.96 Å². The molecule has 0 amide bonds. The number of nitrogens with zero attached hydrogens (tertiary/aromatic N) is 1. The molecule has 0 aromatic carbocycles. The highest BCUT2D eigenvalue weighted by Gasteiger charge is 2.34. The highest BCUT2D eigenvalue weighted by Crippen LogP contribution is 2.43. The molecule has 0 radical (unpaired) electrons. The maximum absolute atomic E-state index is 5.83. The van der Waals surface area contributed by atoms with Gasteiger partial charge in [-0.2, -0.15) is 0 Å². The van der Waals surface area contributed by atoms with Gasteiger partial charge < -0.3 is 15.8 Å². The van der Waals surface area contributed by atoms with Gasteiger partial charge in [0.25, 0.3) is 0 Å². The van der Waals surface area contributed by atoms with Crippen LogP contribution in [-0.4, -0.2) is 32.3 Å². The van der Waals surface area contributed by atoms with Crippen LogP contribution >= 0.6 is 0 Å². The van der Waals surface area contributed by atoms with Crippen molar-refractivity contribution in [2.45, 2.75) is 45.6 Å². The number of methoxy groups -OCH3 is 1. The fraction of sp³-hybridized carbons (Fsp3) is 0.917. The minimum atomic E-state index is 0.215. The van der Waals surface area contributed by atoms with Crippen LogP contribution in [0.2, 0.25) is 0 Å². The summed E-state index contributed by atoms with van der Waals surface area (Å²) in [6.07, 6.45) is 5.15. The Morgan fingerprint density at radius 2 is 2.25 bits per heavy atom. The third-order valence-corrected chi connectivity index (χ3v) is 3.56. The minimum Gasteiger partial charge on any atom is -0.383 e. The van der Waals surface area contributed by atoms with Gasteiger partial charge in [-0.05, 0) is 31.6 Å². The maximum atomic E-state index is 5.83. The quantitative estimate of drug-likeness (QED) is 0.534. The molecule has 1 unspecified atom stereocenters. The lowest BCUT2D eigenvalue weighted by Gasteiger charge is -2.40. The Labute approximate surface area is 98.6 Å². The van der Waals surface area contributed by atoms with E-state index in [4.69, 9.17) is 10.5 Å². The van der Waals surface area contributed by atoms with Crippen LogP contribution in [0.15, 0.2) is 4.99 Å². The lowest BCUT2D eigenvalue weighted by atomic mass is 9.67. The van der Waals surface area contributed by atoms with E-state index in [0.29, 0.717) is 18.0 Å². The fourth-order valence-corrected chi connectivity index (χ4v) is 2.14. The van der Waals surface area contributed by atoms with Crippen LogP contribution in [0, 0.1) is 5.41 Å². The van der Waals surface area contributed by atoms with E-state index in [-0.39, 0.29) is 6.04 Å². The molecule has 3 N–H and O–H groups in total. The molecule has 0 bridgehead atoms. The number of ether oxygens (including phenoxy) is 1. The zero-order chi connectivity index (χ0) is 12.0. The van der Waals surface area contributed by atoms with Gasteiger partial charge in [-0.1, -0.05) is 13.3 Å². The Morgan fingerprint density at radius 3 is 2.69 bits per heavy atom. The Hall–Kier alpha value is -0.770. The van der Waals surface area contributed by atoms with Crippen molar-refractivity contribution in [2.24, 2.45) is 16.1 Å². The summed E-state index contributed by atoms with van der Waals surface area (Å²) in [7, 11) is 1.69. The van der Waals surface area contributed by atoms with Crippen LogP contribution in [0.1, 0.15) is 39.5 Å². The number of nitrogens with one attached hydrogen (secondary N) is 1. The fourth-order valence-electron chi connectivity index (χ4n) is 2.14. The third-order valence-electron chi connectivity index (χ3n) is 3.56. The van der Waals surface area contributed by atoms with Gasteiger partial charge in [0, 0.05) is 19.7 Å². The molecule has 1 aliphatic rings. The lowest BCUT2D eigenvalue weighted by Crippen LogP contribution is -2.42. The second-order valence-electron chi connectivity index (χ2n) is 4.91. The highest BCUT2D eigenvalue weighted by molar-refractivity contribution is 5.78. The molecule has 1 saturated carbocycles. The first kappa shape index (κ1) is 13.3. The Morgan fingerprint density at radius 1 is 1.56 bits per heavy atom. The molecule has 94 valence electrons. The van der Waals surface area contributed by atoms with E-state index >= 15 is 0 Å². The number of aliphatic imine (C=N–C) groups is 1. The first-order valence-corrected chi connectivity index (χ1v) is 6.17. The van der Waals surface area contributed by atoms with Crippen molar-refractivity contribution in [3.63, 3.8) is 0 Å². The van der Waals surface area contributed by atoms with Crippen LogP contribution in [0.25, 0.3) is 0 Å². The second kappa shape index (κ2) is 6.09. The van der Waals surface area contributed by atoms with Crippen molar-refractivity contribution in [3.05, 3.63) is 0 Å². The molecule has 1 aliphatic carbocycles. The molecule has 0 heterocycles. The van der Waals surface area contributed by atoms with Crippen molar-refractivity contribution < 1.29 is 4.74 Å². The number of rotatable bonds is 6. The molecule has 1 fully saturated rings. The zero-order valence-electron chi connectivity index (χ0n) is 10.8. The molecule has 0 spiro atoms. The van der Waals surface area contributed by atoms with Gasteiger partial charge in [0.2, 0.25) is 0 Å². The number of guanidine groups is 1. The summed E-state index contributed by atoms with van der Waals surface area (Å²) in [6.45, 7) is 5.79. The van der Waals surface area contributed by atoms with Crippen molar-refractivity contribution in [2.75, 3.05) is 20.3 Å². The molecular weight excluding hydrogens is 202 g/mol. The van der Waals surface area contributed by atoms with E-state index in [0.717, 1.165) is 6.54 Å². The van der Waals surface area contributed by atoms with Gasteiger partial charge in [-0.3, -0.25) is 4.99 Å². The zero-order valence-corrected chi connectivity index (χ0v) is 10.8. The summed E-state index contributed by atoms with van der Waals surface area (Å²) in [6, 6.07) is 0.215. The Kier molecular flexibility index (Phi) is 5.06. The van der Waals surface area contributed by atoms with E-state index in [1.807, 2.05) is 6.92 Å². The van der Waals surface area contributed by atoms with Crippen LogP contribution < -0.4 is 11.1 Å². The summed E-state index contributed by atoms with van der Waals surface area (Å²) in [5.41, 5.74) is 6.27. The Balaban J connectivity index is 2.32. The van der Waals surface area contributed by atoms with Crippen LogP contribution in [-0.2, 0) is 4.74 Å². The van der Waals surface area contributed by atoms with Crippen LogP contribution in [0.3, 0.4) is 0 Å². The SMILES string of the molecule is CCC1(CN=C(N)NC(C)COC)CCC1. The topological polar surface area (TPSA) is 59.6 Å². The average Bonchev–Trinajstić information content (AvgIpc) is 2.17. The molecule has 4 heteroatoms. The highest BCUT2D eigenvalue weighted by atomic mass is 16.5. The molecule has 1 rings (SSSR count). The molecule has 16 heavy (non-hydrogen) atoms. The van der Waals surface area contributed by atoms with E-state index in [2.05, 4.69) is 17.2 Å². The summed E-state index contributed by atoms with van der Waals surface area (Å²) in [5, 5.41) is 3.13. The van der Waals surface area contributed by atoms with E-state index in [9.17, 15) is 0 Å². The van der Waals surface area contributed by atoms with E-state index in [1.54, 1.807) is 7.11 Å². The number of nitrogens with two attached hydrogens (primary N) is 1. The predicted octanol–water partition coefficient (Wildman–Crippen LogP) is 1.51. The molecule has 0 aromatic heterocycles. The molecular formula is C12H25N3O. The normalized spacial score (nSPS) is 21.3. The lowest BCUT2D eigenvalue weighted by molar-refractivity contribution is 0.139. The third kappa shape index (κ3) is 3.67. The van der Waals surface area contributed by atoms with Crippen molar-refractivity contribution in [3.8, 4) is 0 Å². The first-order valence-electron chi connectivity index (χ1n) is 6.17. The number of hydrogen-bond acceptors (Lipinski definition) is 2. The second-order valence-corrected chi connectivity index (χ2v) is 4.91. The minimum absolute atomic E-state index is 0.215. The largest absolute Gasteiger partial charge is 0.383 e.